The Morgan fingerprint density at radius 3 is 2.31 bits per heavy atom. The molecule has 12 heteroatoms. The Labute approximate surface area is 303 Å². The number of nitrogens with zero attached hydrogens (tertiary/aromatic N) is 3. The third-order valence-corrected chi connectivity index (χ3v) is 11.3. The van der Waals surface area contributed by atoms with Gasteiger partial charge in [-0.05, 0) is 91.9 Å². The Hall–Kier alpha value is -5.46. The number of anilines is 4. The molecule has 0 unspecified atom stereocenters. The Kier molecular flexibility index (Phi) is 8.80. The third-order valence-electron chi connectivity index (χ3n) is 10.1. The van der Waals surface area contributed by atoms with E-state index in [0.29, 0.717) is 46.2 Å². The second kappa shape index (κ2) is 13.6. The van der Waals surface area contributed by atoms with E-state index in [1.807, 2.05) is 37.3 Å². The summed E-state index contributed by atoms with van der Waals surface area (Å²) in [5.74, 6) is -2.13. The lowest BCUT2D eigenvalue weighted by Gasteiger charge is -2.47. The minimum atomic E-state index is -0.857. The van der Waals surface area contributed by atoms with E-state index in [4.69, 9.17) is 4.74 Å². The Bertz CT molecular complexity index is 2190. The number of amides is 3. The monoisotopic (exact) mass is 719 g/mol. The first kappa shape index (κ1) is 33.7. The summed E-state index contributed by atoms with van der Waals surface area (Å²) in [7, 11) is 0. The Morgan fingerprint density at radius 2 is 1.60 bits per heavy atom. The quantitative estimate of drug-likeness (QED) is 0.186. The number of rotatable bonds is 6. The van der Waals surface area contributed by atoms with Gasteiger partial charge in [0.15, 0.2) is 0 Å². The zero-order chi connectivity index (χ0) is 36.0. The molecule has 3 aliphatic heterocycles. The Balaban J connectivity index is 0.978. The molecule has 2 aromatic heterocycles. The van der Waals surface area contributed by atoms with Crippen LogP contribution in [0.1, 0.15) is 54.4 Å². The van der Waals surface area contributed by atoms with Gasteiger partial charge < -0.3 is 25.2 Å². The van der Waals surface area contributed by atoms with E-state index in [-0.39, 0.29) is 17.2 Å². The highest BCUT2D eigenvalue weighted by Gasteiger charge is 2.42. The molecule has 3 aliphatic rings. The largest absolute Gasteiger partial charge is 0.380 e. The van der Waals surface area contributed by atoms with Crippen molar-refractivity contribution in [2.24, 2.45) is 5.41 Å². The van der Waals surface area contributed by atoms with Crippen LogP contribution in [0.2, 0.25) is 0 Å². The number of thiophene rings is 1. The number of piperidine rings is 1. The minimum Gasteiger partial charge on any atom is -0.380 e. The highest BCUT2D eigenvalue weighted by atomic mass is 32.1. The van der Waals surface area contributed by atoms with Crippen LogP contribution in [0.15, 0.2) is 85.1 Å². The molecule has 264 valence electrons. The maximum atomic E-state index is 14.2. The molecule has 2 fully saturated rings. The van der Waals surface area contributed by atoms with Gasteiger partial charge in [0, 0.05) is 52.9 Å². The van der Waals surface area contributed by atoms with E-state index in [1.54, 1.807) is 41.4 Å². The molecule has 52 heavy (non-hydrogen) atoms. The molecule has 2 N–H and O–H groups in total. The predicted molar refractivity (Wildman–Crippen MR) is 198 cm³/mol. The number of hydrogen-bond donors (Lipinski definition) is 2. The summed E-state index contributed by atoms with van der Waals surface area (Å²) >= 11 is 1.21. The van der Waals surface area contributed by atoms with Crippen molar-refractivity contribution in [3.8, 4) is 10.4 Å². The second-order valence-electron chi connectivity index (χ2n) is 13.6. The van der Waals surface area contributed by atoms with Crippen LogP contribution in [0.5, 0.6) is 0 Å². The van der Waals surface area contributed by atoms with Gasteiger partial charge in [0.25, 0.3) is 17.7 Å². The van der Waals surface area contributed by atoms with Gasteiger partial charge >= 0.3 is 0 Å². The van der Waals surface area contributed by atoms with E-state index < -0.39 is 23.2 Å². The first-order valence-corrected chi connectivity index (χ1v) is 18.0. The maximum absolute atomic E-state index is 14.2. The molecule has 5 aromatic rings. The molecule has 0 atom stereocenters. The summed E-state index contributed by atoms with van der Waals surface area (Å²) in [5.41, 5.74) is 4.49. The average Bonchev–Trinajstić information content (AvgIpc) is 3.51. The van der Waals surface area contributed by atoms with Crippen molar-refractivity contribution >= 4 is 51.9 Å². The van der Waals surface area contributed by atoms with Crippen LogP contribution >= 0.6 is 11.3 Å². The standard InChI is InChI=1S/C40H35F2N5O4S/c1-24-19-29(36(43-21-24)46-17-14-40(15-18-46)22-51-23-40)37(48)44-27-11-9-25(10-12-27)39(50)47-16-13-26-20-33(52-35(26)28-5-2-3-8-32(28)47)38(49)45-34-30(41)6-4-7-31(34)42/h2-12,19-21H,13-18,22-23H2,1H3,(H,44,48)(H,45,49). The number of carbonyl (C=O) groups is 3. The normalized spacial score (nSPS) is 16.0. The highest BCUT2D eigenvalue weighted by molar-refractivity contribution is 7.17. The van der Waals surface area contributed by atoms with Crippen LogP contribution in [-0.4, -0.2) is 55.6 Å². The van der Waals surface area contributed by atoms with E-state index >= 15 is 0 Å². The molecule has 5 heterocycles. The molecule has 0 radical (unpaired) electrons. The van der Waals surface area contributed by atoms with Crippen molar-refractivity contribution in [3.63, 3.8) is 0 Å². The number of para-hydroxylation sites is 2. The van der Waals surface area contributed by atoms with Crippen molar-refractivity contribution < 1.29 is 27.9 Å². The Morgan fingerprint density at radius 1 is 0.865 bits per heavy atom. The lowest BCUT2D eigenvalue weighted by atomic mass is 9.77. The van der Waals surface area contributed by atoms with Crippen LogP contribution in [0.25, 0.3) is 10.4 Å². The van der Waals surface area contributed by atoms with E-state index in [0.717, 1.165) is 72.8 Å². The zero-order valence-corrected chi connectivity index (χ0v) is 29.2. The molecule has 0 bridgehead atoms. The zero-order valence-electron chi connectivity index (χ0n) is 28.4. The van der Waals surface area contributed by atoms with E-state index in [1.165, 1.54) is 17.4 Å². The van der Waals surface area contributed by atoms with Crippen molar-refractivity contribution in [1.29, 1.82) is 0 Å². The maximum Gasteiger partial charge on any atom is 0.265 e. The number of halogens is 2. The van der Waals surface area contributed by atoms with Gasteiger partial charge in [0.2, 0.25) is 0 Å². The number of hydrogen-bond acceptors (Lipinski definition) is 7. The number of aromatic nitrogens is 1. The van der Waals surface area contributed by atoms with Gasteiger partial charge in [0.05, 0.1) is 29.3 Å². The summed E-state index contributed by atoms with van der Waals surface area (Å²) in [4.78, 5) is 50.3. The molecular formula is C40H35F2N5O4S. The van der Waals surface area contributed by atoms with Crippen LogP contribution < -0.4 is 20.4 Å². The van der Waals surface area contributed by atoms with Crippen LogP contribution in [0.3, 0.4) is 0 Å². The predicted octanol–water partition coefficient (Wildman–Crippen LogP) is 7.72. The summed E-state index contributed by atoms with van der Waals surface area (Å²) < 4.78 is 33.9. The van der Waals surface area contributed by atoms with Crippen LogP contribution in [0.4, 0.5) is 31.7 Å². The number of fused-ring (bicyclic) bond motifs is 3. The van der Waals surface area contributed by atoms with Crippen molar-refractivity contribution in [1.82, 2.24) is 4.98 Å². The summed E-state index contributed by atoms with van der Waals surface area (Å²) in [6, 6.07) is 21.3. The number of benzene rings is 3. The lowest BCUT2D eigenvalue weighted by Crippen LogP contribution is -2.51. The fourth-order valence-corrected chi connectivity index (χ4v) is 8.25. The van der Waals surface area contributed by atoms with Gasteiger partial charge in [-0.3, -0.25) is 14.4 Å². The average molecular weight is 720 g/mol. The molecule has 2 saturated heterocycles. The van der Waals surface area contributed by atoms with Gasteiger partial charge in [-0.1, -0.05) is 24.3 Å². The molecular weight excluding hydrogens is 685 g/mol. The minimum absolute atomic E-state index is 0.210. The van der Waals surface area contributed by atoms with Gasteiger partial charge in [-0.2, -0.15) is 0 Å². The molecule has 0 saturated carbocycles. The highest BCUT2D eigenvalue weighted by Crippen LogP contribution is 2.43. The van der Waals surface area contributed by atoms with Gasteiger partial charge in [-0.25, -0.2) is 13.8 Å². The molecule has 3 amide bonds. The summed E-state index contributed by atoms with van der Waals surface area (Å²) in [6.45, 7) is 5.50. The van der Waals surface area contributed by atoms with Crippen LogP contribution in [0, 0.1) is 24.0 Å². The number of aryl methyl sites for hydroxylation is 1. The number of ether oxygens (including phenoxy) is 1. The van der Waals surface area contributed by atoms with Crippen molar-refractivity contribution in [3.05, 3.63) is 124 Å². The fourth-order valence-electron chi connectivity index (χ4n) is 7.12. The number of carbonyl (C=O) groups excluding carboxylic acids is 3. The van der Waals surface area contributed by atoms with Gasteiger partial charge in [0.1, 0.15) is 23.1 Å². The number of nitrogens with one attached hydrogen (secondary N) is 2. The lowest BCUT2D eigenvalue weighted by molar-refractivity contribution is -0.124. The molecule has 9 nitrogen and oxygen atoms in total. The second-order valence-corrected chi connectivity index (χ2v) is 14.7. The molecule has 3 aromatic carbocycles. The van der Waals surface area contributed by atoms with E-state index in [2.05, 4.69) is 20.5 Å². The molecule has 0 aliphatic carbocycles. The SMILES string of the molecule is Cc1cnc(N2CCC3(CC2)COC3)c(C(=O)Nc2ccc(C(=O)N3CCc4cc(C(=O)Nc5c(F)cccc5F)sc4-c4ccccc43)cc2)c1. The van der Waals surface area contributed by atoms with E-state index in [9.17, 15) is 23.2 Å². The van der Waals surface area contributed by atoms with Crippen LogP contribution in [-0.2, 0) is 11.2 Å². The van der Waals surface area contributed by atoms with Gasteiger partial charge in [-0.15, -0.1) is 11.3 Å². The number of pyridine rings is 1. The third kappa shape index (κ3) is 6.33. The fraction of sp³-hybridized carbons (Fsp3) is 0.250. The molecule has 8 rings (SSSR count). The van der Waals surface area contributed by atoms with Crippen molar-refractivity contribution in [2.45, 2.75) is 26.2 Å². The summed E-state index contributed by atoms with van der Waals surface area (Å²) in [6.07, 6.45) is 4.26. The smallest absolute Gasteiger partial charge is 0.265 e. The topological polar surface area (TPSA) is 104 Å². The summed E-state index contributed by atoms with van der Waals surface area (Å²) in [5, 5.41) is 5.36. The first-order chi connectivity index (χ1) is 25.2. The molecule has 1 spiro atoms. The first-order valence-electron chi connectivity index (χ1n) is 17.2. The van der Waals surface area contributed by atoms with Crippen molar-refractivity contribution in [2.75, 3.05) is 53.3 Å².